The summed E-state index contributed by atoms with van der Waals surface area (Å²) < 4.78 is 25.5. The lowest BCUT2D eigenvalue weighted by molar-refractivity contribution is -0.890. The van der Waals surface area contributed by atoms with E-state index >= 15 is 0 Å². The Hall–Kier alpha value is -1.09. The minimum absolute atomic E-state index is 0.229. The van der Waals surface area contributed by atoms with Crippen molar-refractivity contribution in [3.8, 4) is 0 Å². The van der Waals surface area contributed by atoms with Gasteiger partial charge in [0.2, 0.25) is 0 Å². The Morgan fingerprint density at radius 3 is 1.49 bits per heavy atom. The second-order valence-corrected chi connectivity index (χ2v) is 25.3. The number of aliphatic hydroxyl groups is 1. The summed E-state index contributed by atoms with van der Waals surface area (Å²) in [5, 5.41) is 9.20. The van der Waals surface area contributed by atoms with Crippen LogP contribution in [0.3, 0.4) is 0 Å². The molecule has 0 atom stereocenters. The Morgan fingerprint density at radius 2 is 1.10 bits per heavy atom. The number of nitrogens with zero attached hydrogens (tertiary/aromatic N) is 1. The molecule has 0 aromatic heterocycles. The number of hydrogen-bond acceptors (Lipinski definition) is 7. The monoisotopic (exact) mass is 604 g/mol. The predicted molar refractivity (Wildman–Crippen MR) is 167 cm³/mol. The summed E-state index contributed by atoms with van der Waals surface area (Å²) in [4.78, 5) is 23.4. The molecule has 39 heavy (non-hydrogen) atoms. The van der Waals surface area contributed by atoms with Crippen LogP contribution in [-0.2, 0) is 27.3 Å². The average Bonchev–Trinajstić information content (AvgIpc) is 2.79. The van der Waals surface area contributed by atoms with Gasteiger partial charge in [0.05, 0.1) is 40.4 Å². The molecule has 0 radical (unpaired) electrons. The van der Waals surface area contributed by atoms with E-state index in [4.69, 9.17) is 17.7 Å². The molecule has 0 unspecified atom stereocenters. The molecule has 0 amide bonds. The first-order valence-corrected chi connectivity index (χ1v) is 23.1. The Bertz CT molecular complexity index is 752. The number of carbonyl (C=O) groups excluding carboxylic acids is 2. The van der Waals surface area contributed by atoms with E-state index < -0.39 is 25.2 Å². The highest BCUT2D eigenvalue weighted by molar-refractivity contribution is 6.88. The maximum Gasteiger partial charge on any atom is 0.333 e. The van der Waals surface area contributed by atoms with Gasteiger partial charge in [-0.05, 0) is 90.4 Å². The zero-order valence-electron chi connectivity index (χ0n) is 26.5. The van der Waals surface area contributed by atoms with E-state index in [0.717, 1.165) is 67.8 Å². The highest BCUT2D eigenvalue weighted by Crippen LogP contribution is 2.30. The molecule has 0 fully saturated rings. The molecule has 11 heteroatoms. The number of unbranched alkanes of at least 4 members (excludes halogenated alkanes) is 1. The molecule has 8 nitrogen and oxygen atoms in total. The van der Waals surface area contributed by atoms with E-state index in [2.05, 4.69) is 60.0 Å². The van der Waals surface area contributed by atoms with Gasteiger partial charge >= 0.3 is 20.5 Å². The van der Waals surface area contributed by atoms with Gasteiger partial charge in [0.15, 0.2) is 16.6 Å². The van der Waals surface area contributed by atoms with Crippen molar-refractivity contribution in [1.29, 1.82) is 0 Å². The molecule has 0 bridgehead atoms. The molecule has 0 heterocycles. The molecule has 0 saturated carbocycles. The summed E-state index contributed by atoms with van der Waals surface area (Å²) in [6, 6.07) is 2.69. The van der Waals surface area contributed by atoms with Crippen LogP contribution in [-0.4, -0.2) is 93.7 Å². The van der Waals surface area contributed by atoms with Crippen LogP contribution in [0.25, 0.3) is 0 Å². The highest BCUT2D eigenvalue weighted by atomic mass is 28.5. The van der Waals surface area contributed by atoms with E-state index in [1.165, 1.54) is 0 Å². The van der Waals surface area contributed by atoms with Crippen molar-refractivity contribution in [2.45, 2.75) is 96.8 Å². The van der Waals surface area contributed by atoms with Crippen molar-refractivity contribution in [3.05, 3.63) is 24.3 Å². The minimum Gasteiger partial charge on any atom is -0.462 e. The van der Waals surface area contributed by atoms with Crippen molar-refractivity contribution in [1.82, 2.24) is 0 Å². The average molecular weight is 605 g/mol. The van der Waals surface area contributed by atoms with Crippen molar-refractivity contribution >= 4 is 37.1 Å². The van der Waals surface area contributed by atoms with Crippen molar-refractivity contribution in [2.75, 3.05) is 47.0 Å². The fourth-order valence-corrected chi connectivity index (χ4v) is 19.0. The molecule has 0 rings (SSSR count). The van der Waals surface area contributed by atoms with Gasteiger partial charge in [-0.1, -0.05) is 13.2 Å². The van der Waals surface area contributed by atoms with E-state index in [0.29, 0.717) is 24.4 Å². The molecular weight excluding hydrogens is 547 g/mol. The van der Waals surface area contributed by atoms with Crippen LogP contribution in [0.1, 0.15) is 46.0 Å². The Labute approximate surface area is 241 Å². The lowest BCUT2D eigenvalue weighted by Crippen LogP contribution is -2.54. The third kappa shape index (κ3) is 18.8. The van der Waals surface area contributed by atoms with Gasteiger partial charge in [-0.2, -0.15) is 0 Å². The van der Waals surface area contributed by atoms with E-state index in [-0.39, 0.29) is 18.5 Å². The fourth-order valence-electron chi connectivity index (χ4n) is 4.56. The first kappa shape index (κ1) is 37.9. The number of ether oxygens (including phenoxy) is 2. The zero-order chi connectivity index (χ0) is 30.3. The van der Waals surface area contributed by atoms with Gasteiger partial charge in [0, 0.05) is 24.2 Å². The lowest BCUT2D eigenvalue weighted by atomic mass is 10.2. The molecule has 0 aliphatic rings. The van der Waals surface area contributed by atoms with Crippen LogP contribution in [0.2, 0.25) is 50.9 Å². The van der Waals surface area contributed by atoms with E-state index in [9.17, 15) is 14.7 Å². The standard InChI is InChI=1S/C28H58NO7Si3/c1-25(2)27(31)33-20-15-22-37(7,8)35-39(11,24-13-12-17-29(5,6)18-14-19-30)36-38(9,10)23-16-21-34-28(32)26(3)4/h30H,1,3,12-24H2,2,4-11H3/q+1. The van der Waals surface area contributed by atoms with Crippen molar-refractivity contribution in [2.24, 2.45) is 0 Å². The summed E-state index contributed by atoms with van der Waals surface area (Å²) in [5.41, 5.74) is 0.826. The van der Waals surface area contributed by atoms with Gasteiger partial charge in [0.25, 0.3) is 0 Å². The highest BCUT2D eigenvalue weighted by Gasteiger charge is 2.42. The molecule has 228 valence electrons. The molecule has 0 saturated heterocycles. The molecule has 1 N–H and O–H groups in total. The van der Waals surface area contributed by atoms with Gasteiger partial charge in [-0.3, -0.25) is 0 Å². The molecule has 0 aromatic rings. The summed E-state index contributed by atoms with van der Waals surface area (Å²) in [5.74, 6) is -0.695. The summed E-state index contributed by atoms with van der Waals surface area (Å²) in [6.07, 6.45) is 4.44. The fraction of sp³-hybridized carbons (Fsp3) is 0.786. The third-order valence-corrected chi connectivity index (χ3v) is 18.8. The molecule has 0 spiro atoms. The van der Waals surface area contributed by atoms with Gasteiger partial charge in [0.1, 0.15) is 0 Å². The van der Waals surface area contributed by atoms with Crippen LogP contribution in [0.4, 0.5) is 0 Å². The Balaban J connectivity index is 5.23. The molecular formula is C28H58NO7Si3+. The van der Waals surface area contributed by atoms with Crippen LogP contribution in [0.15, 0.2) is 24.3 Å². The van der Waals surface area contributed by atoms with E-state index in [1.807, 2.05) is 0 Å². The van der Waals surface area contributed by atoms with Gasteiger partial charge in [-0.15, -0.1) is 0 Å². The Morgan fingerprint density at radius 1 is 0.692 bits per heavy atom. The minimum atomic E-state index is -2.51. The first-order chi connectivity index (χ1) is 17.8. The quantitative estimate of drug-likeness (QED) is 0.0552. The van der Waals surface area contributed by atoms with Crippen molar-refractivity contribution in [3.63, 3.8) is 0 Å². The summed E-state index contributed by atoms with van der Waals surface area (Å²) in [7, 11) is -2.25. The smallest absolute Gasteiger partial charge is 0.333 e. The normalized spacial score (nSPS) is 12.8. The van der Waals surface area contributed by atoms with Crippen molar-refractivity contribution < 1.29 is 36.9 Å². The maximum absolute atomic E-state index is 11.7. The second kappa shape index (κ2) is 17.7. The van der Waals surface area contributed by atoms with Crippen LogP contribution in [0.5, 0.6) is 0 Å². The number of aliphatic hydroxyl groups excluding tert-OH is 1. The third-order valence-electron chi connectivity index (χ3n) is 6.56. The number of carbonyl (C=O) groups is 2. The zero-order valence-corrected chi connectivity index (χ0v) is 29.5. The van der Waals surface area contributed by atoms with Gasteiger partial charge < -0.3 is 27.3 Å². The summed E-state index contributed by atoms with van der Waals surface area (Å²) in [6.45, 7) is 24.7. The topological polar surface area (TPSA) is 91.3 Å². The predicted octanol–water partition coefficient (Wildman–Crippen LogP) is 5.76. The number of quaternary nitrogens is 1. The first-order valence-electron chi connectivity index (χ1n) is 14.3. The van der Waals surface area contributed by atoms with Crippen LogP contribution >= 0.6 is 0 Å². The van der Waals surface area contributed by atoms with Crippen LogP contribution in [0, 0.1) is 0 Å². The molecule has 0 aliphatic heterocycles. The largest absolute Gasteiger partial charge is 0.462 e. The SMILES string of the molecule is C=C(C)C(=O)OCCC[Si](C)(C)O[Si](C)(CCCC[N+](C)(C)CCCO)O[Si](C)(C)CCCOC(=O)C(=C)C. The molecule has 0 aromatic carbocycles. The van der Waals surface area contributed by atoms with Gasteiger partial charge in [-0.25, -0.2) is 9.59 Å². The number of rotatable bonds is 22. The summed E-state index contributed by atoms with van der Waals surface area (Å²) >= 11 is 0. The second-order valence-electron chi connectivity index (χ2n) is 12.8. The Kier molecular flexibility index (Phi) is 17.2. The molecule has 0 aliphatic carbocycles. The van der Waals surface area contributed by atoms with Crippen LogP contribution < -0.4 is 0 Å². The van der Waals surface area contributed by atoms with E-state index in [1.54, 1.807) is 13.8 Å². The number of hydrogen-bond donors (Lipinski definition) is 1. The maximum atomic E-state index is 11.7. The number of esters is 2. The lowest BCUT2D eigenvalue weighted by Gasteiger charge is -2.41.